The zero-order valence-electron chi connectivity index (χ0n) is 15.0. The third kappa shape index (κ3) is 3.26. The van der Waals surface area contributed by atoms with Gasteiger partial charge in [0.25, 0.3) is 5.91 Å². The molecule has 1 atom stereocenters. The summed E-state index contributed by atoms with van der Waals surface area (Å²) in [5, 5.41) is 16.5. The second-order valence-electron chi connectivity index (χ2n) is 6.24. The van der Waals surface area contributed by atoms with E-state index in [4.69, 9.17) is 9.15 Å². The predicted octanol–water partition coefficient (Wildman–Crippen LogP) is 3.48. The third-order valence-corrected chi connectivity index (χ3v) is 5.50. The van der Waals surface area contributed by atoms with E-state index in [2.05, 4.69) is 5.32 Å². The number of benzene rings is 2. The highest BCUT2D eigenvalue weighted by Crippen LogP contribution is 2.30. The number of carbonyl (C=O) groups excluding carboxylic acids is 1. The van der Waals surface area contributed by atoms with Crippen LogP contribution in [-0.4, -0.2) is 24.7 Å². The number of ether oxygens (including phenoxy) is 1. The fourth-order valence-electron chi connectivity index (χ4n) is 3.09. The zero-order valence-corrected chi connectivity index (χ0v) is 15.8. The summed E-state index contributed by atoms with van der Waals surface area (Å²) in [7, 11) is 1.48. The van der Waals surface area contributed by atoms with Gasteiger partial charge in [0, 0.05) is 22.2 Å². The van der Waals surface area contributed by atoms with Crippen molar-refractivity contribution in [2.24, 2.45) is 0 Å². The molecule has 0 fully saturated rings. The van der Waals surface area contributed by atoms with Gasteiger partial charge < -0.3 is 19.6 Å². The summed E-state index contributed by atoms with van der Waals surface area (Å²) in [6.45, 7) is -0.0187. The maximum absolute atomic E-state index is 12.5. The summed E-state index contributed by atoms with van der Waals surface area (Å²) >= 11 is 1.53. The first-order valence-electron chi connectivity index (χ1n) is 8.61. The number of hydrogen-bond acceptors (Lipinski definition) is 6. The van der Waals surface area contributed by atoms with E-state index in [0.717, 1.165) is 15.6 Å². The second-order valence-corrected chi connectivity index (χ2v) is 7.15. The van der Waals surface area contributed by atoms with E-state index in [0.29, 0.717) is 11.1 Å². The van der Waals surface area contributed by atoms with Crippen molar-refractivity contribution in [3.05, 3.63) is 75.5 Å². The van der Waals surface area contributed by atoms with Crippen LogP contribution in [0.15, 0.2) is 63.1 Å². The molecule has 4 rings (SSSR count). The topological polar surface area (TPSA) is 88.8 Å². The van der Waals surface area contributed by atoms with Crippen LogP contribution in [0.25, 0.3) is 21.1 Å². The smallest absolute Gasteiger partial charge is 0.349 e. The van der Waals surface area contributed by atoms with Gasteiger partial charge in [0.15, 0.2) is 11.3 Å². The molecular formula is C21H17NO5S. The maximum atomic E-state index is 12.5. The molecule has 0 saturated heterocycles. The molecule has 2 N–H and O–H groups in total. The minimum atomic E-state index is -0.882. The third-order valence-electron chi connectivity index (χ3n) is 4.51. The van der Waals surface area contributed by atoms with Gasteiger partial charge in [0.2, 0.25) is 0 Å². The molecule has 2 heterocycles. The van der Waals surface area contributed by atoms with Gasteiger partial charge in [-0.1, -0.05) is 30.3 Å². The summed E-state index contributed by atoms with van der Waals surface area (Å²) in [6.07, 6.45) is -0.882. The number of thiophene rings is 1. The van der Waals surface area contributed by atoms with E-state index in [9.17, 15) is 14.7 Å². The fourth-order valence-corrected chi connectivity index (χ4v) is 4.10. The molecule has 2 aromatic carbocycles. The fraction of sp³-hybridized carbons (Fsp3) is 0.143. The largest absolute Gasteiger partial charge is 0.493 e. The Balaban J connectivity index is 1.55. The summed E-state index contributed by atoms with van der Waals surface area (Å²) in [5.74, 6) is -0.182. The van der Waals surface area contributed by atoms with Crippen LogP contribution in [0, 0.1) is 0 Å². The number of para-hydroxylation sites is 1. The highest BCUT2D eigenvalue weighted by atomic mass is 32.1. The van der Waals surface area contributed by atoms with Gasteiger partial charge in [-0.15, -0.1) is 11.3 Å². The molecule has 0 saturated carbocycles. The first-order valence-corrected chi connectivity index (χ1v) is 9.49. The van der Waals surface area contributed by atoms with Crippen LogP contribution < -0.4 is 15.7 Å². The van der Waals surface area contributed by atoms with Crippen molar-refractivity contribution in [2.45, 2.75) is 6.10 Å². The molecule has 4 aromatic rings. The molecular weight excluding hydrogens is 378 g/mol. The lowest BCUT2D eigenvalue weighted by Crippen LogP contribution is -2.31. The summed E-state index contributed by atoms with van der Waals surface area (Å²) < 4.78 is 11.5. The number of hydrogen-bond donors (Lipinski definition) is 2. The summed E-state index contributed by atoms with van der Waals surface area (Å²) in [5.41, 5.74) is 0.153. The number of nitrogens with one attached hydrogen (secondary N) is 1. The maximum Gasteiger partial charge on any atom is 0.349 e. The van der Waals surface area contributed by atoms with E-state index in [-0.39, 0.29) is 17.7 Å². The second kappa shape index (κ2) is 7.46. The van der Waals surface area contributed by atoms with Gasteiger partial charge in [-0.2, -0.15) is 0 Å². The Kier molecular flexibility index (Phi) is 4.85. The van der Waals surface area contributed by atoms with Crippen LogP contribution in [0.1, 0.15) is 22.0 Å². The van der Waals surface area contributed by atoms with Crippen LogP contribution >= 0.6 is 11.3 Å². The molecule has 0 unspecified atom stereocenters. The van der Waals surface area contributed by atoms with Crippen molar-refractivity contribution in [2.75, 3.05) is 13.7 Å². The van der Waals surface area contributed by atoms with E-state index in [1.165, 1.54) is 24.5 Å². The molecule has 0 bridgehead atoms. The van der Waals surface area contributed by atoms with E-state index >= 15 is 0 Å². The van der Waals surface area contributed by atoms with Gasteiger partial charge in [-0.3, -0.25) is 4.79 Å². The molecule has 0 aliphatic rings. The molecule has 28 heavy (non-hydrogen) atoms. The van der Waals surface area contributed by atoms with Crippen molar-refractivity contribution in [3.63, 3.8) is 0 Å². The highest BCUT2D eigenvalue weighted by molar-refractivity contribution is 7.17. The van der Waals surface area contributed by atoms with Crippen LogP contribution in [-0.2, 0) is 0 Å². The number of methoxy groups -OCH3 is 1. The zero-order chi connectivity index (χ0) is 19.7. The van der Waals surface area contributed by atoms with Gasteiger partial charge in [-0.25, -0.2) is 4.79 Å². The Bertz CT molecular complexity index is 1230. The van der Waals surface area contributed by atoms with Crippen LogP contribution in [0.4, 0.5) is 0 Å². The minimum absolute atomic E-state index is 0.0187. The molecule has 7 heteroatoms. The van der Waals surface area contributed by atoms with Crippen molar-refractivity contribution < 1.29 is 19.1 Å². The van der Waals surface area contributed by atoms with Gasteiger partial charge >= 0.3 is 5.63 Å². The minimum Gasteiger partial charge on any atom is -0.493 e. The number of aliphatic hydroxyl groups is 1. The van der Waals surface area contributed by atoms with Crippen molar-refractivity contribution in [3.8, 4) is 5.75 Å². The average Bonchev–Trinajstić information content (AvgIpc) is 3.15. The number of aliphatic hydroxyl groups excluding tert-OH is 1. The van der Waals surface area contributed by atoms with Gasteiger partial charge in [0.1, 0.15) is 5.56 Å². The summed E-state index contributed by atoms with van der Waals surface area (Å²) in [4.78, 5) is 24.7. The van der Waals surface area contributed by atoms with Gasteiger partial charge in [-0.05, 0) is 29.0 Å². The molecule has 0 aliphatic heterocycles. The van der Waals surface area contributed by atoms with E-state index in [1.54, 1.807) is 18.2 Å². The average molecular weight is 395 g/mol. The lowest BCUT2D eigenvalue weighted by Gasteiger charge is -2.11. The number of fused-ring (bicyclic) bond motifs is 2. The molecule has 0 aliphatic carbocycles. The molecule has 0 radical (unpaired) electrons. The monoisotopic (exact) mass is 395 g/mol. The van der Waals surface area contributed by atoms with Crippen molar-refractivity contribution in [1.29, 1.82) is 0 Å². The molecule has 0 spiro atoms. The molecule has 2 aromatic heterocycles. The highest BCUT2D eigenvalue weighted by Gasteiger charge is 2.18. The van der Waals surface area contributed by atoms with Crippen LogP contribution in [0.2, 0.25) is 0 Å². The quantitative estimate of drug-likeness (QED) is 0.505. The Hall–Kier alpha value is -3.16. The Morgan fingerprint density at radius 1 is 1.25 bits per heavy atom. The van der Waals surface area contributed by atoms with Crippen molar-refractivity contribution in [1.82, 2.24) is 5.32 Å². The summed E-state index contributed by atoms with van der Waals surface area (Å²) in [6, 6.07) is 14.3. The standard InChI is InChI=1S/C21H17NO5S/c1-26-17-7-4-5-12-9-14(21(25)27-19(12)17)20(24)22-10-16(23)15-11-28-18-8-3-2-6-13(15)18/h2-9,11,16,23H,10H2,1H3,(H,22,24)/t16-/m1/s1. The normalized spacial score (nSPS) is 12.2. The Morgan fingerprint density at radius 2 is 2.07 bits per heavy atom. The van der Waals surface area contributed by atoms with Crippen molar-refractivity contribution >= 4 is 38.3 Å². The number of amides is 1. The Labute approximate surface area is 164 Å². The number of carbonyl (C=O) groups is 1. The van der Waals surface area contributed by atoms with Crippen LogP contribution in [0.3, 0.4) is 0 Å². The van der Waals surface area contributed by atoms with Gasteiger partial charge in [0.05, 0.1) is 13.2 Å². The predicted molar refractivity (Wildman–Crippen MR) is 108 cm³/mol. The molecule has 6 nitrogen and oxygen atoms in total. The van der Waals surface area contributed by atoms with E-state index < -0.39 is 17.6 Å². The SMILES string of the molecule is COc1cccc2cc(C(=O)NC[C@@H](O)c3csc4ccccc34)c(=O)oc12. The lowest BCUT2D eigenvalue weighted by molar-refractivity contribution is 0.0913. The van der Waals surface area contributed by atoms with E-state index in [1.807, 2.05) is 29.6 Å². The van der Waals surface area contributed by atoms with Crippen LogP contribution in [0.5, 0.6) is 5.75 Å². The first kappa shape index (κ1) is 18.2. The lowest BCUT2D eigenvalue weighted by atomic mass is 10.1. The molecule has 142 valence electrons. The Morgan fingerprint density at radius 3 is 2.89 bits per heavy atom. The molecule has 1 amide bonds. The first-order chi connectivity index (χ1) is 13.6. The number of rotatable bonds is 5.